The zero-order valence-electron chi connectivity index (χ0n) is 10.1. The molecule has 1 aromatic heterocycles. The molecule has 1 aliphatic rings. The maximum absolute atomic E-state index is 5.16. The Kier molecular flexibility index (Phi) is 3.83. The van der Waals surface area contributed by atoms with Gasteiger partial charge in [-0.1, -0.05) is 6.42 Å². The van der Waals surface area contributed by atoms with Gasteiger partial charge in [-0.15, -0.1) is 0 Å². The van der Waals surface area contributed by atoms with Gasteiger partial charge >= 0.3 is 0 Å². The Morgan fingerprint density at radius 1 is 1.62 bits per heavy atom. The van der Waals surface area contributed by atoms with E-state index in [1.54, 1.807) is 7.11 Å². The van der Waals surface area contributed by atoms with E-state index in [1.807, 2.05) is 12.4 Å². The molecule has 0 bridgehead atoms. The number of hydrogen-bond donors (Lipinski definition) is 1. The zero-order valence-corrected chi connectivity index (χ0v) is 10.1. The van der Waals surface area contributed by atoms with E-state index < -0.39 is 0 Å². The molecule has 90 valence electrons. The molecule has 0 aromatic carbocycles. The maximum atomic E-state index is 5.16. The smallest absolute Gasteiger partial charge is 0.203 e. The van der Waals surface area contributed by atoms with Crippen LogP contribution in [0.2, 0.25) is 0 Å². The van der Waals surface area contributed by atoms with Crippen molar-refractivity contribution in [3.8, 4) is 0 Å². The Morgan fingerprint density at radius 2 is 2.44 bits per heavy atom. The Morgan fingerprint density at radius 3 is 3.06 bits per heavy atom. The third-order valence-electron chi connectivity index (χ3n) is 3.32. The number of imidazole rings is 1. The standard InChI is InChI=1S/C12H21N3O/c1-10(9-16-2)15-7-6-13-12(15)14-8-11-4-3-5-11/h6-7,10-11H,3-5,8-9H2,1-2H3,(H,13,14). The molecule has 1 atom stereocenters. The van der Waals surface area contributed by atoms with E-state index in [2.05, 4.69) is 21.8 Å². The first kappa shape index (κ1) is 11.5. The van der Waals surface area contributed by atoms with Crippen LogP contribution in [0.25, 0.3) is 0 Å². The summed E-state index contributed by atoms with van der Waals surface area (Å²) in [5.74, 6) is 1.82. The summed E-state index contributed by atoms with van der Waals surface area (Å²) in [7, 11) is 1.73. The van der Waals surface area contributed by atoms with E-state index in [-0.39, 0.29) is 0 Å². The van der Waals surface area contributed by atoms with Crippen LogP contribution < -0.4 is 5.32 Å². The number of hydrogen-bond acceptors (Lipinski definition) is 3. The Bertz CT molecular complexity index is 320. The number of anilines is 1. The van der Waals surface area contributed by atoms with Crippen LogP contribution in [0.3, 0.4) is 0 Å². The first-order chi connectivity index (χ1) is 7.81. The van der Waals surface area contributed by atoms with Gasteiger partial charge in [-0.3, -0.25) is 0 Å². The first-order valence-electron chi connectivity index (χ1n) is 6.07. The quantitative estimate of drug-likeness (QED) is 0.804. The molecule has 2 rings (SSSR count). The summed E-state index contributed by atoms with van der Waals surface area (Å²) in [5, 5.41) is 3.43. The van der Waals surface area contributed by atoms with E-state index in [1.165, 1.54) is 19.3 Å². The average molecular weight is 223 g/mol. The summed E-state index contributed by atoms with van der Waals surface area (Å²) < 4.78 is 7.30. The monoisotopic (exact) mass is 223 g/mol. The SMILES string of the molecule is COCC(C)n1ccnc1NCC1CCC1. The van der Waals surface area contributed by atoms with Gasteiger partial charge in [-0.2, -0.15) is 0 Å². The van der Waals surface area contributed by atoms with Crippen LogP contribution in [0.5, 0.6) is 0 Å². The summed E-state index contributed by atoms with van der Waals surface area (Å²) in [5.41, 5.74) is 0. The maximum Gasteiger partial charge on any atom is 0.203 e. The summed E-state index contributed by atoms with van der Waals surface area (Å²) in [6.45, 7) is 3.91. The highest BCUT2D eigenvalue weighted by atomic mass is 16.5. The Balaban J connectivity index is 1.89. The number of nitrogens with zero attached hydrogens (tertiary/aromatic N) is 2. The largest absolute Gasteiger partial charge is 0.383 e. The highest BCUT2D eigenvalue weighted by Gasteiger charge is 2.18. The molecule has 16 heavy (non-hydrogen) atoms. The Labute approximate surface area is 97.0 Å². The van der Waals surface area contributed by atoms with Crippen molar-refractivity contribution in [3.63, 3.8) is 0 Å². The molecule has 0 amide bonds. The number of ether oxygens (including phenoxy) is 1. The molecule has 1 N–H and O–H groups in total. The molecule has 4 heteroatoms. The average Bonchev–Trinajstić information content (AvgIpc) is 2.64. The summed E-state index contributed by atoms with van der Waals surface area (Å²) in [6, 6.07) is 0.330. The zero-order chi connectivity index (χ0) is 11.4. The van der Waals surface area contributed by atoms with Gasteiger partial charge in [0.25, 0.3) is 0 Å². The van der Waals surface area contributed by atoms with Gasteiger partial charge in [0.05, 0.1) is 12.6 Å². The van der Waals surface area contributed by atoms with E-state index >= 15 is 0 Å². The van der Waals surface area contributed by atoms with E-state index in [4.69, 9.17) is 4.74 Å². The van der Waals surface area contributed by atoms with E-state index in [0.717, 1.165) is 18.4 Å². The number of nitrogens with one attached hydrogen (secondary N) is 1. The lowest BCUT2D eigenvalue weighted by atomic mass is 9.85. The second-order valence-electron chi connectivity index (χ2n) is 4.64. The van der Waals surface area contributed by atoms with Gasteiger partial charge in [0, 0.05) is 26.0 Å². The van der Waals surface area contributed by atoms with Crippen LogP contribution in [0.1, 0.15) is 32.2 Å². The second-order valence-corrected chi connectivity index (χ2v) is 4.64. The predicted octanol–water partition coefficient (Wildman–Crippen LogP) is 2.30. The minimum absolute atomic E-state index is 0.330. The van der Waals surface area contributed by atoms with Crippen LogP contribution in [0, 0.1) is 5.92 Å². The minimum atomic E-state index is 0.330. The van der Waals surface area contributed by atoms with Gasteiger partial charge in [0.2, 0.25) is 5.95 Å². The molecule has 0 spiro atoms. The predicted molar refractivity (Wildman–Crippen MR) is 64.6 cm³/mol. The van der Waals surface area contributed by atoms with Crippen molar-refractivity contribution < 1.29 is 4.74 Å². The Hall–Kier alpha value is -1.03. The van der Waals surface area contributed by atoms with Crippen molar-refractivity contribution >= 4 is 5.95 Å². The molecular formula is C12H21N3O. The van der Waals surface area contributed by atoms with Gasteiger partial charge in [0.15, 0.2) is 0 Å². The van der Waals surface area contributed by atoms with Crippen LogP contribution in [0.4, 0.5) is 5.95 Å². The highest BCUT2D eigenvalue weighted by Crippen LogP contribution is 2.26. The number of rotatable bonds is 6. The molecule has 0 aliphatic heterocycles. The molecule has 0 radical (unpaired) electrons. The molecule has 4 nitrogen and oxygen atoms in total. The number of aromatic nitrogens is 2. The van der Waals surface area contributed by atoms with Crippen molar-refractivity contribution in [2.75, 3.05) is 25.6 Å². The van der Waals surface area contributed by atoms with E-state index in [0.29, 0.717) is 12.6 Å². The molecule has 1 aliphatic carbocycles. The fourth-order valence-corrected chi connectivity index (χ4v) is 2.06. The fourth-order valence-electron chi connectivity index (χ4n) is 2.06. The lowest BCUT2D eigenvalue weighted by Crippen LogP contribution is -2.23. The minimum Gasteiger partial charge on any atom is -0.383 e. The second kappa shape index (κ2) is 5.34. The van der Waals surface area contributed by atoms with Crippen LogP contribution in [-0.4, -0.2) is 29.8 Å². The molecule has 0 saturated heterocycles. The van der Waals surface area contributed by atoms with Crippen molar-refractivity contribution in [2.45, 2.75) is 32.2 Å². The van der Waals surface area contributed by atoms with Gasteiger partial charge in [0.1, 0.15) is 0 Å². The van der Waals surface area contributed by atoms with Gasteiger partial charge in [-0.05, 0) is 25.7 Å². The van der Waals surface area contributed by atoms with Crippen molar-refractivity contribution in [2.24, 2.45) is 5.92 Å². The lowest BCUT2D eigenvalue weighted by Gasteiger charge is -2.26. The van der Waals surface area contributed by atoms with Crippen molar-refractivity contribution in [1.82, 2.24) is 9.55 Å². The van der Waals surface area contributed by atoms with E-state index in [9.17, 15) is 0 Å². The lowest BCUT2D eigenvalue weighted by molar-refractivity contribution is 0.163. The molecule has 1 heterocycles. The molecule has 1 unspecified atom stereocenters. The van der Waals surface area contributed by atoms with Crippen LogP contribution in [0.15, 0.2) is 12.4 Å². The van der Waals surface area contributed by atoms with Crippen molar-refractivity contribution in [3.05, 3.63) is 12.4 Å². The summed E-state index contributed by atoms with van der Waals surface area (Å²) in [6.07, 6.45) is 7.96. The highest BCUT2D eigenvalue weighted by molar-refractivity contribution is 5.26. The molecular weight excluding hydrogens is 202 g/mol. The summed E-state index contributed by atoms with van der Waals surface area (Å²) in [4.78, 5) is 4.35. The number of methoxy groups -OCH3 is 1. The van der Waals surface area contributed by atoms with Gasteiger partial charge < -0.3 is 14.6 Å². The topological polar surface area (TPSA) is 39.1 Å². The normalized spacial score (nSPS) is 18.1. The first-order valence-corrected chi connectivity index (χ1v) is 6.07. The van der Waals surface area contributed by atoms with Crippen LogP contribution in [-0.2, 0) is 4.74 Å². The van der Waals surface area contributed by atoms with Gasteiger partial charge in [-0.25, -0.2) is 4.98 Å². The molecule has 1 saturated carbocycles. The molecule has 1 aromatic rings. The fraction of sp³-hybridized carbons (Fsp3) is 0.750. The van der Waals surface area contributed by atoms with Crippen molar-refractivity contribution in [1.29, 1.82) is 0 Å². The van der Waals surface area contributed by atoms with Crippen LogP contribution >= 0.6 is 0 Å². The third kappa shape index (κ3) is 2.55. The third-order valence-corrected chi connectivity index (χ3v) is 3.32. The summed E-state index contributed by atoms with van der Waals surface area (Å²) >= 11 is 0. The molecule has 1 fully saturated rings.